The van der Waals surface area contributed by atoms with Crippen molar-refractivity contribution in [3.63, 3.8) is 0 Å². The molecule has 1 amide bonds. The molecular weight excluding hydrogens is 380 g/mol. The van der Waals surface area contributed by atoms with Crippen LogP contribution in [0.2, 0.25) is 0 Å². The number of rotatable bonds is 7. The van der Waals surface area contributed by atoms with Crippen LogP contribution in [-0.4, -0.2) is 62.8 Å². The molecule has 0 aromatic heterocycles. The zero-order valence-electron chi connectivity index (χ0n) is 17.1. The maximum Gasteiger partial charge on any atom is 0.310 e. The van der Waals surface area contributed by atoms with Gasteiger partial charge in [-0.15, -0.1) is 0 Å². The van der Waals surface area contributed by atoms with E-state index in [4.69, 9.17) is 4.74 Å². The van der Waals surface area contributed by atoms with E-state index in [2.05, 4.69) is 6.92 Å². The van der Waals surface area contributed by atoms with E-state index in [0.29, 0.717) is 31.1 Å². The number of piperidine rings is 1. The Labute approximate surface area is 167 Å². The molecule has 0 spiro atoms. The first-order chi connectivity index (χ1) is 13.2. The molecule has 1 atom stereocenters. The van der Waals surface area contributed by atoms with Gasteiger partial charge in [-0.3, -0.25) is 9.59 Å². The molecule has 0 saturated carbocycles. The number of nitrogens with zero attached hydrogens (tertiary/aromatic N) is 2. The number of amides is 1. The molecule has 1 fully saturated rings. The number of ether oxygens (including phenoxy) is 1. The summed E-state index contributed by atoms with van der Waals surface area (Å²) < 4.78 is 31.8. The minimum absolute atomic E-state index is 0.199. The minimum atomic E-state index is -3.54. The van der Waals surface area contributed by atoms with Gasteiger partial charge >= 0.3 is 5.97 Å². The molecule has 1 unspecified atom stereocenters. The van der Waals surface area contributed by atoms with E-state index in [1.54, 1.807) is 11.8 Å². The molecule has 7 nitrogen and oxygen atoms in total. The van der Waals surface area contributed by atoms with Crippen molar-refractivity contribution in [3.8, 4) is 0 Å². The van der Waals surface area contributed by atoms with Gasteiger partial charge in [-0.2, -0.15) is 4.31 Å². The monoisotopic (exact) mass is 410 g/mol. The average molecular weight is 411 g/mol. The fraction of sp³-hybridized carbons (Fsp3) is 0.600. The quantitative estimate of drug-likeness (QED) is 0.645. The first-order valence-corrected chi connectivity index (χ1v) is 11.1. The molecule has 1 aromatic carbocycles. The zero-order chi connectivity index (χ0) is 20.9. The highest BCUT2D eigenvalue weighted by atomic mass is 32.2. The topological polar surface area (TPSA) is 84.0 Å². The van der Waals surface area contributed by atoms with Gasteiger partial charge < -0.3 is 9.64 Å². The van der Waals surface area contributed by atoms with Gasteiger partial charge in [0, 0.05) is 31.7 Å². The summed E-state index contributed by atoms with van der Waals surface area (Å²) >= 11 is 0. The van der Waals surface area contributed by atoms with Crippen molar-refractivity contribution in [2.75, 3.05) is 33.3 Å². The van der Waals surface area contributed by atoms with Crippen molar-refractivity contribution < 1.29 is 22.7 Å². The van der Waals surface area contributed by atoms with E-state index in [9.17, 15) is 18.0 Å². The van der Waals surface area contributed by atoms with Crippen LogP contribution in [0, 0.1) is 11.8 Å². The molecule has 0 radical (unpaired) electrons. The normalized spacial score (nSPS) is 17.1. The summed E-state index contributed by atoms with van der Waals surface area (Å²) in [7, 11) is -2.22. The van der Waals surface area contributed by atoms with Gasteiger partial charge in [-0.1, -0.05) is 13.8 Å². The fourth-order valence-electron chi connectivity index (χ4n) is 3.29. The van der Waals surface area contributed by atoms with Crippen molar-refractivity contribution >= 4 is 21.9 Å². The second-order valence-corrected chi connectivity index (χ2v) is 9.32. The Morgan fingerprint density at radius 1 is 1.21 bits per heavy atom. The summed E-state index contributed by atoms with van der Waals surface area (Å²) in [6, 6.07) is 6.04. The Bertz CT molecular complexity index is 783. The number of carbonyl (C=O) groups excluding carboxylic acids is 2. The largest absolute Gasteiger partial charge is 0.469 e. The van der Waals surface area contributed by atoms with Gasteiger partial charge in [-0.25, -0.2) is 8.42 Å². The average Bonchev–Trinajstić information content (AvgIpc) is 2.71. The van der Waals surface area contributed by atoms with Crippen molar-refractivity contribution in [1.82, 2.24) is 9.21 Å². The van der Waals surface area contributed by atoms with Crippen LogP contribution in [0.25, 0.3) is 0 Å². The Hall–Kier alpha value is -1.93. The van der Waals surface area contributed by atoms with Gasteiger partial charge in [0.1, 0.15) is 0 Å². The number of benzene rings is 1. The first kappa shape index (κ1) is 22.4. The van der Waals surface area contributed by atoms with Gasteiger partial charge in [0.05, 0.1) is 17.9 Å². The van der Waals surface area contributed by atoms with Gasteiger partial charge in [-0.05, 0) is 49.9 Å². The van der Waals surface area contributed by atoms with Crippen molar-refractivity contribution in [2.45, 2.75) is 38.5 Å². The number of sulfonamides is 1. The molecule has 1 heterocycles. The van der Waals surface area contributed by atoms with Crippen LogP contribution in [-0.2, 0) is 19.6 Å². The molecule has 1 aromatic rings. The standard InChI is InChI=1S/C20H30N2O5S/c1-5-21(14-16(3)20(24)27-4)19(23)17-6-8-18(9-7-17)28(25,26)22-12-10-15(2)11-13-22/h6-9,15-16H,5,10-14H2,1-4H3. The lowest BCUT2D eigenvalue weighted by Gasteiger charge is -2.29. The summed E-state index contributed by atoms with van der Waals surface area (Å²) in [4.78, 5) is 26.1. The van der Waals surface area contributed by atoms with Crippen LogP contribution in [0.3, 0.4) is 0 Å². The van der Waals surface area contributed by atoms with Gasteiger partial charge in [0.15, 0.2) is 0 Å². The third-order valence-electron chi connectivity index (χ3n) is 5.25. The summed E-state index contributed by atoms with van der Waals surface area (Å²) in [5.74, 6) is -0.508. The molecule has 2 rings (SSSR count). The van der Waals surface area contributed by atoms with E-state index in [1.165, 1.54) is 35.7 Å². The third kappa shape index (κ3) is 5.11. The van der Waals surface area contributed by atoms with Crippen LogP contribution in [0.1, 0.15) is 44.0 Å². The molecule has 28 heavy (non-hydrogen) atoms. The number of hydrogen-bond donors (Lipinski definition) is 0. The lowest BCUT2D eigenvalue weighted by atomic mass is 10.0. The van der Waals surface area contributed by atoms with Gasteiger partial charge in [0.2, 0.25) is 10.0 Å². The molecule has 156 valence electrons. The lowest BCUT2D eigenvalue weighted by molar-refractivity contribution is -0.145. The van der Waals surface area contributed by atoms with E-state index in [1.807, 2.05) is 6.92 Å². The highest BCUT2D eigenvalue weighted by Gasteiger charge is 2.28. The van der Waals surface area contributed by atoms with Crippen LogP contribution in [0.15, 0.2) is 29.2 Å². The summed E-state index contributed by atoms with van der Waals surface area (Å²) in [5.41, 5.74) is 0.394. The lowest BCUT2D eigenvalue weighted by Crippen LogP contribution is -2.38. The van der Waals surface area contributed by atoms with Crippen LogP contribution in [0.4, 0.5) is 0 Å². The first-order valence-electron chi connectivity index (χ1n) is 9.68. The SMILES string of the molecule is CCN(CC(C)C(=O)OC)C(=O)c1ccc(S(=O)(=O)N2CCC(C)CC2)cc1. The second kappa shape index (κ2) is 9.52. The van der Waals surface area contributed by atoms with Crippen LogP contribution < -0.4 is 0 Å². The van der Waals surface area contributed by atoms with E-state index < -0.39 is 15.9 Å². The van der Waals surface area contributed by atoms with Gasteiger partial charge in [0.25, 0.3) is 5.91 Å². The van der Waals surface area contributed by atoms with Crippen LogP contribution in [0.5, 0.6) is 0 Å². The van der Waals surface area contributed by atoms with E-state index in [0.717, 1.165) is 12.8 Å². The van der Waals surface area contributed by atoms with Crippen molar-refractivity contribution in [2.24, 2.45) is 11.8 Å². The number of carbonyl (C=O) groups is 2. The smallest absolute Gasteiger partial charge is 0.310 e. The maximum atomic E-state index is 12.8. The Morgan fingerprint density at radius 3 is 2.29 bits per heavy atom. The zero-order valence-corrected chi connectivity index (χ0v) is 17.9. The molecule has 1 aliphatic rings. The number of esters is 1. The highest BCUT2D eigenvalue weighted by molar-refractivity contribution is 7.89. The fourth-order valence-corrected chi connectivity index (χ4v) is 4.76. The Morgan fingerprint density at radius 2 is 1.79 bits per heavy atom. The molecule has 0 aliphatic carbocycles. The number of hydrogen-bond acceptors (Lipinski definition) is 5. The van der Waals surface area contributed by atoms with E-state index >= 15 is 0 Å². The molecule has 1 aliphatic heterocycles. The van der Waals surface area contributed by atoms with E-state index in [-0.39, 0.29) is 23.3 Å². The third-order valence-corrected chi connectivity index (χ3v) is 7.16. The van der Waals surface area contributed by atoms with Crippen molar-refractivity contribution in [3.05, 3.63) is 29.8 Å². The predicted molar refractivity (Wildman–Crippen MR) is 106 cm³/mol. The predicted octanol–water partition coefficient (Wildman–Crippen LogP) is 2.38. The summed E-state index contributed by atoms with van der Waals surface area (Å²) in [5, 5.41) is 0. The molecule has 1 saturated heterocycles. The Balaban J connectivity index is 2.12. The summed E-state index contributed by atoms with van der Waals surface area (Å²) in [6.07, 6.45) is 1.72. The molecular formula is C20H30N2O5S. The molecule has 0 bridgehead atoms. The molecule has 0 N–H and O–H groups in total. The second-order valence-electron chi connectivity index (χ2n) is 7.38. The Kier molecular flexibility index (Phi) is 7.60. The minimum Gasteiger partial charge on any atom is -0.469 e. The van der Waals surface area contributed by atoms with Crippen molar-refractivity contribution in [1.29, 1.82) is 0 Å². The summed E-state index contributed by atoms with van der Waals surface area (Å²) in [6.45, 7) is 7.40. The molecule has 8 heteroatoms. The number of methoxy groups -OCH3 is 1. The highest BCUT2D eigenvalue weighted by Crippen LogP contribution is 2.24. The maximum absolute atomic E-state index is 12.8. The van der Waals surface area contributed by atoms with Crippen LogP contribution >= 0.6 is 0 Å².